The molecule has 0 N–H and O–H groups in total. The number of hydrogen-bond acceptors (Lipinski definition) is 7. The van der Waals surface area contributed by atoms with Gasteiger partial charge in [0.2, 0.25) is 5.95 Å². The van der Waals surface area contributed by atoms with Gasteiger partial charge in [-0.2, -0.15) is 0 Å². The molecule has 0 unspecified atom stereocenters. The van der Waals surface area contributed by atoms with Crippen LogP contribution in [0.3, 0.4) is 0 Å². The number of rotatable bonds is 4. The van der Waals surface area contributed by atoms with E-state index in [-0.39, 0.29) is 5.91 Å². The lowest BCUT2D eigenvalue weighted by molar-refractivity contribution is 0.0596. The first-order valence-corrected chi connectivity index (χ1v) is 8.99. The minimum atomic E-state index is -0.0358. The molecule has 138 valence electrons. The van der Waals surface area contributed by atoms with E-state index in [0.29, 0.717) is 18.8 Å². The lowest BCUT2D eigenvalue weighted by atomic mass is 10.2. The van der Waals surface area contributed by atoms with Gasteiger partial charge in [-0.25, -0.2) is 9.97 Å². The minimum absolute atomic E-state index is 0.0358. The van der Waals surface area contributed by atoms with Crippen LogP contribution in [0.15, 0.2) is 35.1 Å². The van der Waals surface area contributed by atoms with Crippen molar-refractivity contribution in [3.05, 3.63) is 42.1 Å². The fourth-order valence-corrected chi connectivity index (χ4v) is 3.28. The molecule has 0 atom stereocenters. The van der Waals surface area contributed by atoms with Crippen molar-refractivity contribution in [2.75, 3.05) is 57.4 Å². The van der Waals surface area contributed by atoms with E-state index in [0.717, 1.165) is 57.6 Å². The monoisotopic (exact) mass is 357 g/mol. The van der Waals surface area contributed by atoms with Crippen LogP contribution in [0.4, 0.5) is 5.95 Å². The second-order valence-electron chi connectivity index (χ2n) is 6.49. The van der Waals surface area contributed by atoms with Gasteiger partial charge in [0.1, 0.15) is 0 Å². The number of carbonyl (C=O) groups is 1. The number of ether oxygens (including phenoxy) is 1. The van der Waals surface area contributed by atoms with E-state index in [1.54, 1.807) is 12.1 Å². The summed E-state index contributed by atoms with van der Waals surface area (Å²) in [6.07, 6.45) is 3.36. The van der Waals surface area contributed by atoms with Crippen molar-refractivity contribution in [1.82, 2.24) is 19.8 Å². The molecule has 0 aromatic carbocycles. The fraction of sp³-hybridized carbons (Fsp3) is 0.500. The number of hydrogen-bond donors (Lipinski definition) is 0. The molecule has 4 rings (SSSR count). The summed E-state index contributed by atoms with van der Waals surface area (Å²) >= 11 is 0. The molecule has 8 nitrogen and oxygen atoms in total. The van der Waals surface area contributed by atoms with Crippen LogP contribution in [-0.2, 0) is 11.3 Å². The maximum Gasteiger partial charge on any atom is 0.289 e. The number of aromatic nitrogens is 2. The molecular formula is C18H23N5O3. The lowest BCUT2D eigenvalue weighted by Gasteiger charge is -2.34. The number of morpholine rings is 1. The van der Waals surface area contributed by atoms with Crippen molar-refractivity contribution < 1.29 is 13.9 Å². The second-order valence-corrected chi connectivity index (χ2v) is 6.49. The van der Waals surface area contributed by atoms with E-state index in [9.17, 15) is 4.79 Å². The number of nitrogens with zero attached hydrogens (tertiary/aromatic N) is 5. The molecule has 8 heteroatoms. The molecule has 2 aromatic rings. The molecule has 2 aliphatic heterocycles. The molecule has 0 bridgehead atoms. The normalized spacial score (nSPS) is 18.9. The largest absolute Gasteiger partial charge is 0.459 e. The molecule has 1 amide bonds. The average molecular weight is 357 g/mol. The Kier molecular flexibility index (Phi) is 5.12. The quantitative estimate of drug-likeness (QED) is 0.803. The third kappa shape index (κ3) is 3.86. The number of piperazine rings is 1. The maximum absolute atomic E-state index is 12.3. The van der Waals surface area contributed by atoms with Crippen LogP contribution in [-0.4, -0.2) is 78.2 Å². The summed E-state index contributed by atoms with van der Waals surface area (Å²) in [5.74, 6) is 1.15. The highest BCUT2D eigenvalue weighted by Crippen LogP contribution is 2.14. The topological polar surface area (TPSA) is 74.9 Å². The summed E-state index contributed by atoms with van der Waals surface area (Å²) in [7, 11) is 0. The molecule has 0 radical (unpaired) electrons. The van der Waals surface area contributed by atoms with Gasteiger partial charge in [0, 0.05) is 52.0 Å². The number of anilines is 1. The van der Waals surface area contributed by atoms with Crippen molar-refractivity contribution >= 4 is 11.9 Å². The third-order valence-electron chi connectivity index (χ3n) is 4.77. The smallest absolute Gasteiger partial charge is 0.289 e. The van der Waals surface area contributed by atoms with Crippen molar-refractivity contribution in [1.29, 1.82) is 0 Å². The van der Waals surface area contributed by atoms with Gasteiger partial charge < -0.3 is 19.0 Å². The molecular weight excluding hydrogens is 334 g/mol. The maximum atomic E-state index is 12.3. The van der Waals surface area contributed by atoms with Gasteiger partial charge in [-0.05, 0) is 18.2 Å². The Balaban J connectivity index is 1.32. The van der Waals surface area contributed by atoms with Crippen molar-refractivity contribution in [2.24, 2.45) is 0 Å². The van der Waals surface area contributed by atoms with Gasteiger partial charge in [-0.15, -0.1) is 0 Å². The molecule has 0 spiro atoms. The van der Waals surface area contributed by atoms with Gasteiger partial charge >= 0.3 is 0 Å². The van der Waals surface area contributed by atoms with Crippen LogP contribution in [0, 0.1) is 0 Å². The Morgan fingerprint density at radius 2 is 1.88 bits per heavy atom. The van der Waals surface area contributed by atoms with Crippen molar-refractivity contribution in [3.63, 3.8) is 0 Å². The highest BCUT2D eigenvalue weighted by molar-refractivity contribution is 5.91. The Hall–Kier alpha value is -2.45. The lowest BCUT2D eigenvalue weighted by Crippen LogP contribution is -2.48. The zero-order chi connectivity index (χ0) is 17.8. The number of furan rings is 1. The first-order valence-electron chi connectivity index (χ1n) is 8.99. The summed E-state index contributed by atoms with van der Waals surface area (Å²) in [6.45, 7) is 6.91. The van der Waals surface area contributed by atoms with Crippen LogP contribution in [0.5, 0.6) is 0 Å². The van der Waals surface area contributed by atoms with Gasteiger partial charge in [0.05, 0.1) is 25.2 Å². The van der Waals surface area contributed by atoms with Crippen molar-refractivity contribution in [3.8, 4) is 0 Å². The number of carbonyl (C=O) groups excluding carboxylic acids is 1. The van der Waals surface area contributed by atoms with E-state index >= 15 is 0 Å². The summed E-state index contributed by atoms with van der Waals surface area (Å²) < 4.78 is 10.6. The van der Waals surface area contributed by atoms with Crippen LogP contribution >= 0.6 is 0 Å². The van der Waals surface area contributed by atoms with E-state index in [1.165, 1.54) is 6.26 Å². The summed E-state index contributed by atoms with van der Waals surface area (Å²) in [6, 6.07) is 5.41. The number of amides is 1. The predicted molar refractivity (Wildman–Crippen MR) is 95.0 cm³/mol. The zero-order valence-electron chi connectivity index (χ0n) is 14.7. The van der Waals surface area contributed by atoms with E-state index in [1.807, 2.05) is 17.2 Å². The van der Waals surface area contributed by atoms with E-state index in [2.05, 4.69) is 14.8 Å². The molecule has 2 fully saturated rings. The highest BCUT2D eigenvalue weighted by atomic mass is 16.5. The Bertz CT molecular complexity index is 722. The Morgan fingerprint density at radius 1 is 1.08 bits per heavy atom. The van der Waals surface area contributed by atoms with Gasteiger partial charge in [-0.1, -0.05) is 0 Å². The molecule has 2 saturated heterocycles. The highest BCUT2D eigenvalue weighted by Gasteiger charge is 2.24. The van der Waals surface area contributed by atoms with Crippen molar-refractivity contribution in [2.45, 2.75) is 6.54 Å². The van der Waals surface area contributed by atoms with E-state index < -0.39 is 0 Å². The standard InChI is InChI=1S/C18H23N5O3/c24-17(16-2-1-11-26-16)22-7-5-21(6-8-22)14-15-3-4-19-18(20-15)23-9-12-25-13-10-23/h1-4,11H,5-10,12-14H2. The molecule has 0 saturated carbocycles. The first kappa shape index (κ1) is 17.0. The summed E-state index contributed by atoms with van der Waals surface area (Å²) in [5, 5.41) is 0. The summed E-state index contributed by atoms with van der Waals surface area (Å²) in [5.41, 5.74) is 1.01. The fourth-order valence-electron chi connectivity index (χ4n) is 3.28. The third-order valence-corrected chi connectivity index (χ3v) is 4.77. The average Bonchev–Trinajstić information content (AvgIpc) is 3.24. The Morgan fingerprint density at radius 3 is 2.62 bits per heavy atom. The van der Waals surface area contributed by atoms with Crippen LogP contribution < -0.4 is 4.90 Å². The minimum Gasteiger partial charge on any atom is -0.459 e. The molecule has 26 heavy (non-hydrogen) atoms. The van der Waals surface area contributed by atoms with Gasteiger partial charge in [0.15, 0.2) is 5.76 Å². The van der Waals surface area contributed by atoms with Crippen LogP contribution in [0.1, 0.15) is 16.2 Å². The molecule has 2 aromatic heterocycles. The SMILES string of the molecule is O=C(c1ccco1)N1CCN(Cc2ccnc(N3CCOCC3)n2)CC1. The Labute approximate surface area is 152 Å². The summed E-state index contributed by atoms with van der Waals surface area (Å²) in [4.78, 5) is 27.7. The molecule has 4 heterocycles. The molecule has 0 aliphatic carbocycles. The van der Waals surface area contributed by atoms with Gasteiger partial charge in [-0.3, -0.25) is 9.69 Å². The van der Waals surface area contributed by atoms with Crippen LogP contribution in [0.25, 0.3) is 0 Å². The van der Waals surface area contributed by atoms with Gasteiger partial charge in [0.25, 0.3) is 5.91 Å². The second kappa shape index (κ2) is 7.84. The predicted octanol–water partition coefficient (Wildman–Crippen LogP) is 0.864. The van der Waals surface area contributed by atoms with Crippen LogP contribution in [0.2, 0.25) is 0 Å². The molecule has 2 aliphatic rings. The zero-order valence-corrected chi connectivity index (χ0v) is 14.7. The first-order chi connectivity index (χ1) is 12.8. The van der Waals surface area contributed by atoms with E-state index in [4.69, 9.17) is 14.1 Å².